The van der Waals surface area contributed by atoms with E-state index >= 15 is 0 Å². The largest absolute Gasteiger partial charge is 0.373 e. The number of hydrogen-bond donors (Lipinski definition) is 1. The van der Waals surface area contributed by atoms with Crippen molar-refractivity contribution in [2.24, 2.45) is 5.92 Å². The maximum Gasteiger partial charge on any atom is 0.239 e. The van der Waals surface area contributed by atoms with Gasteiger partial charge in [0.2, 0.25) is 15.9 Å². The van der Waals surface area contributed by atoms with Crippen LogP contribution in [0.4, 0.5) is 0 Å². The molecule has 1 aliphatic rings. The van der Waals surface area contributed by atoms with Crippen LogP contribution in [0.25, 0.3) is 0 Å². The molecule has 6 nitrogen and oxygen atoms in total. The monoisotopic (exact) mass is 344 g/mol. The number of sulfonamides is 1. The van der Waals surface area contributed by atoms with E-state index in [0.29, 0.717) is 19.4 Å². The van der Waals surface area contributed by atoms with Crippen LogP contribution in [-0.4, -0.2) is 37.8 Å². The van der Waals surface area contributed by atoms with Gasteiger partial charge in [-0.05, 0) is 26.7 Å². The molecule has 1 aliphatic heterocycles. The standard InChI is InChI=1S/C14H20N2O4S2/c1-9(2)13-11(4-6-20-13)14(17)16-22(18,19)7-5-12-10(3)15-8-21-12/h8,11,13H,1,4-7H2,2-3H3,(H,16,17)/t11-,13-/m0/s1. The zero-order valence-corrected chi connectivity index (χ0v) is 14.3. The first-order chi connectivity index (χ1) is 10.3. The van der Waals surface area contributed by atoms with E-state index in [1.807, 2.05) is 6.92 Å². The highest BCUT2D eigenvalue weighted by atomic mass is 32.2. The average molecular weight is 344 g/mol. The summed E-state index contributed by atoms with van der Waals surface area (Å²) in [6.07, 6.45) is 0.454. The number of aryl methyl sites for hydroxylation is 2. The minimum atomic E-state index is -3.67. The van der Waals surface area contributed by atoms with Gasteiger partial charge in [0.15, 0.2) is 0 Å². The van der Waals surface area contributed by atoms with Crippen LogP contribution in [-0.2, 0) is 26.0 Å². The molecule has 0 aliphatic carbocycles. The molecule has 1 aromatic heterocycles. The number of ether oxygens (including phenoxy) is 1. The average Bonchev–Trinajstić information content (AvgIpc) is 3.04. The molecule has 0 radical (unpaired) electrons. The van der Waals surface area contributed by atoms with Crippen molar-refractivity contribution in [1.82, 2.24) is 9.71 Å². The van der Waals surface area contributed by atoms with Gasteiger partial charge >= 0.3 is 0 Å². The minimum absolute atomic E-state index is 0.132. The fraction of sp³-hybridized carbons (Fsp3) is 0.571. The third-order valence-corrected chi connectivity index (χ3v) is 5.86. The smallest absolute Gasteiger partial charge is 0.239 e. The fourth-order valence-electron chi connectivity index (χ4n) is 2.42. The van der Waals surface area contributed by atoms with E-state index in [4.69, 9.17) is 4.74 Å². The first kappa shape index (κ1) is 17.1. The topological polar surface area (TPSA) is 85.4 Å². The lowest BCUT2D eigenvalue weighted by Crippen LogP contribution is -2.40. The van der Waals surface area contributed by atoms with Crippen molar-refractivity contribution in [1.29, 1.82) is 0 Å². The molecule has 0 bridgehead atoms. The minimum Gasteiger partial charge on any atom is -0.373 e. The molecule has 122 valence electrons. The molecule has 0 unspecified atom stereocenters. The van der Waals surface area contributed by atoms with Crippen LogP contribution in [0.2, 0.25) is 0 Å². The van der Waals surface area contributed by atoms with Crippen LogP contribution < -0.4 is 4.72 Å². The van der Waals surface area contributed by atoms with Gasteiger partial charge in [0.1, 0.15) is 0 Å². The van der Waals surface area contributed by atoms with Crippen LogP contribution in [0.3, 0.4) is 0 Å². The molecule has 8 heteroatoms. The molecule has 2 rings (SSSR count). The number of nitrogens with one attached hydrogen (secondary N) is 1. The van der Waals surface area contributed by atoms with Crippen molar-refractivity contribution in [2.45, 2.75) is 32.8 Å². The van der Waals surface area contributed by atoms with E-state index in [9.17, 15) is 13.2 Å². The molecule has 0 saturated carbocycles. The lowest BCUT2D eigenvalue weighted by atomic mass is 9.96. The van der Waals surface area contributed by atoms with Crippen molar-refractivity contribution in [2.75, 3.05) is 12.4 Å². The van der Waals surface area contributed by atoms with Crippen LogP contribution >= 0.6 is 11.3 Å². The Morgan fingerprint density at radius 3 is 2.91 bits per heavy atom. The van der Waals surface area contributed by atoms with Crippen molar-refractivity contribution in [3.05, 3.63) is 28.2 Å². The van der Waals surface area contributed by atoms with E-state index in [0.717, 1.165) is 16.1 Å². The summed E-state index contributed by atoms with van der Waals surface area (Å²) < 4.78 is 31.7. The number of hydrogen-bond acceptors (Lipinski definition) is 6. The van der Waals surface area contributed by atoms with Crippen LogP contribution in [0.1, 0.15) is 23.9 Å². The Balaban J connectivity index is 1.95. The van der Waals surface area contributed by atoms with Gasteiger partial charge in [0.25, 0.3) is 0 Å². The molecule has 1 N–H and O–H groups in total. The molecule has 0 aromatic carbocycles. The molecule has 2 heterocycles. The predicted molar refractivity (Wildman–Crippen MR) is 85.1 cm³/mol. The number of aromatic nitrogens is 1. The van der Waals surface area contributed by atoms with E-state index < -0.39 is 28.0 Å². The quantitative estimate of drug-likeness (QED) is 0.789. The highest BCUT2D eigenvalue weighted by Gasteiger charge is 2.36. The summed E-state index contributed by atoms with van der Waals surface area (Å²) in [6, 6.07) is 0. The van der Waals surface area contributed by atoms with Crippen LogP contribution in [0.5, 0.6) is 0 Å². The number of carbonyl (C=O) groups is 1. The van der Waals surface area contributed by atoms with Gasteiger partial charge in [-0.2, -0.15) is 0 Å². The van der Waals surface area contributed by atoms with Crippen molar-refractivity contribution >= 4 is 27.3 Å². The first-order valence-corrected chi connectivity index (χ1v) is 9.53. The second kappa shape index (κ2) is 6.89. The van der Waals surface area contributed by atoms with E-state index in [2.05, 4.69) is 16.3 Å². The Hall–Kier alpha value is -1.25. The summed E-state index contributed by atoms with van der Waals surface area (Å²) >= 11 is 1.42. The fourth-order valence-corrected chi connectivity index (χ4v) is 4.36. The third-order valence-electron chi connectivity index (χ3n) is 3.61. The predicted octanol–water partition coefficient (Wildman–Crippen LogP) is 1.42. The Labute approximate surface area is 134 Å². The first-order valence-electron chi connectivity index (χ1n) is 7.00. The lowest BCUT2D eigenvalue weighted by molar-refractivity contribution is -0.124. The van der Waals surface area contributed by atoms with Gasteiger partial charge in [-0.1, -0.05) is 12.2 Å². The molecule has 0 spiro atoms. The summed E-state index contributed by atoms with van der Waals surface area (Å²) in [7, 11) is -3.67. The summed E-state index contributed by atoms with van der Waals surface area (Å²) in [6.45, 7) is 7.84. The van der Waals surface area contributed by atoms with E-state index in [1.165, 1.54) is 11.3 Å². The summed E-state index contributed by atoms with van der Waals surface area (Å²) in [5.41, 5.74) is 3.25. The lowest BCUT2D eigenvalue weighted by Gasteiger charge is -2.18. The number of rotatable bonds is 6. The summed E-state index contributed by atoms with van der Waals surface area (Å²) in [5, 5.41) is 0. The Morgan fingerprint density at radius 1 is 1.59 bits per heavy atom. The van der Waals surface area contributed by atoms with Crippen LogP contribution in [0.15, 0.2) is 17.7 Å². The number of thiazole rings is 1. The Morgan fingerprint density at radius 2 is 2.32 bits per heavy atom. The van der Waals surface area contributed by atoms with Crippen molar-refractivity contribution in [3.8, 4) is 0 Å². The highest BCUT2D eigenvalue weighted by Crippen LogP contribution is 2.26. The SMILES string of the molecule is C=C(C)[C@@H]1OCC[C@@H]1C(=O)NS(=O)(=O)CCc1scnc1C. The number of nitrogens with zero attached hydrogens (tertiary/aromatic N) is 1. The molecule has 1 fully saturated rings. The zero-order valence-electron chi connectivity index (χ0n) is 12.7. The van der Waals surface area contributed by atoms with Gasteiger partial charge in [-0.3, -0.25) is 9.52 Å². The van der Waals surface area contributed by atoms with Gasteiger partial charge in [-0.25, -0.2) is 13.4 Å². The van der Waals surface area contributed by atoms with Crippen molar-refractivity contribution in [3.63, 3.8) is 0 Å². The van der Waals surface area contributed by atoms with Gasteiger partial charge in [0, 0.05) is 11.5 Å². The zero-order chi connectivity index (χ0) is 16.3. The molecule has 1 saturated heterocycles. The van der Waals surface area contributed by atoms with Crippen LogP contribution in [0, 0.1) is 12.8 Å². The van der Waals surface area contributed by atoms with E-state index in [-0.39, 0.29) is 5.75 Å². The molecule has 1 amide bonds. The molecule has 22 heavy (non-hydrogen) atoms. The normalized spacial score (nSPS) is 21.7. The number of amides is 1. The van der Waals surface area contributed by atoms with Gasteiger partial charge < -0.3 is 4.74 Å². The van der Waals surface area contributed by atoms with Crippen molar-refractivity contribution < 1.29 is 17.9 Å². The second-order valence-corrected chi connectivity index (χ2v) is 8.21. The Bertz CT molecular complexity index is 666. The highest BCUT2D eigenvalue weighted by molar-refractivity contribution is 7.90. The second-order valence-electron chi connectivity index (χ2n) is 5.43. The van der Waals surface area contributed by atoms with Gasteiger partial charge in [0.05, 0.1) is 29.0 Å². The molecule has 2 atom stereocenters. The summed E-state index contributed by atoms with van der Waals surface area (Å²) in [4.78, 5) is 17.2. The summed E-state index contributed by atoms with van der Waals surface area (Å²) in [5.74, 6) is -1.13. The maximum atomic E-state index is 12.2. The molecular weight excluding hydrogens is 324 g/mol. The van der Waals surface area contributed by atoms with E-state index in [1.54, 1.807) is 12.4 Å². The Kier molecular flexibility index (Phi) is 5.36. The molecule has 1 aromatic rings. The molecular formula is C14H20N2O4S2. The maximum absolute atomic E-state index is 12.2. The van der Waals surface area contributed by atoms with Gasteiger partial charge in [-0.15, -0.1) is 11.3 Å². The number of carbonyl (C=O) groups excluding carboxylic acids is 1. The third kappa shape index (κ3) is 4.15.